The van der Waals surface area contributed by atoms with Gasteiger partial charge in [-0.15, -0.1) is 0 Å². The standard InChI is InChI=1S/C8H16N2OS/c1-2-7-6-10(5-3-4-9)8(11)12-7/h7H,2-6,9H2,1H3. The largest absolute Gasteiger partial charge is 0.332 e. The molecule has 70 valence electrons. The summed E-state index contributed by atoms with van der Waals surface area (Å²) in [5.74, 6) is 0. The van der Waals surface area contributed by atoms with Crippen LogP contribution >= 0.6 is 11.8 Å². The molecule has 3 nitrogen and oxygen atoms in total. The fourth-order valence-electron chi connectivity index (χ4n) is 1.25. The summed E-state index contributed by atoms with van der Waals surface area (Å²) in [5, 5.41) is 0.741. The highest BCUT2D eigenvalue weighted by Crippen LogP contribution is 2.27. The predicted octanol–water partition coefficient (Wildman–Crippen LogP) is 1.28. The van der Waals surface area contributed by atoms with Crippen LogP contribution in [0.25, 0.3) is 0 Å². The number of carbonyl (C=O) groups is 1. The van der Waals surface area contributed by atoms with Gasteiger partial charge in [0.15, 0.2) is 0 Å². The van der Waals surface area contributed by atoms with Crippen LogP contribution in [0.4, 0.5) is 4.79 Å². The van der Waals surface area contributed by atoms with Gasteiger partial charge in [0.2, 0.25) is 0 Å². The van der Waals surface area contributed by atoms with Crippen molar-refractivity contribution in [2.75, 3.05) is 19.6 Å². The van der Waals surface area contributed by atoms with Crippen LogP contribution in [0.3, 0.4) is 0 Å². The number of amides is 1. The monoisotopic (exact) mass is 188 g/mol. The Balaban J connectivity index is 2.31. The molecule has 0 spiro atoms. The molecule has 0 aliphatic carbocycles. The highest BCUT2D eigenvalue weighted by molar-refractivity contribution is 8.14. The molecule has 0 bridgehead atoms. The first-order valence-corrected chi connectivity index (χ1v) is 5.31. The number of hydrogen-bond acceptors (Lipinski definition) is 3. The van der Waals surface area contributed by atoms with Gasteiger partial charge in [-0.2, -0.15) is 0 Å². The van der Waals surface area contributed by atoms with E-state index in [1.807, 2.05) is 4.90 Å². The highest BCUT2D eigenvalue weighted by atomic mass is 32.2. The Bertz CT molecular complexity index is 163. The van der Waals surface area contributed by atoms with E-state index < -0.39 is 0 Å². The zero-order valence-electron chi connectivity index (χ0n) is 7.45. The van der Waals surface area contributed by atoms with Crippen LogP contribution in [-0.4, -0.2) is 35.0 Å². The zero-order valence-corrected chi connectivity index (χ0v) is 8.27. The first-order valence-electron chi connectivity index (χ1n) is 4.43. The summed E-state index contributed by atoms with van der Waals surface area (Å²) in [6.45, 7) is 4.54. The molecule has 0 aromatic rings. The second-order valence-corrected chi connectivity index (χ2v) is 4.25. The second kappa shape index (κ2) is 4.72. The van der Waals surface area contributed by atoms with Crippen LogP contribution in [0, 0.1) is 0 Å². The van der Waals surface area contributed by atoms with E-state index in [0.717, 1.165) is 25.9 Å². The van der Waals surface area contributed by atoms with E-state index in [1.54, 1.807) is 0 Å². The van der Waals surface area contributed by atoms with Gasteiger partial charge in [0.1, 0.15) is 0 Å². The van der Waals surface area contributed by atoms with Gasteiger partial charge in [0, 0.05) is 18.3 Å². The van der Waals surface area contributed by atoms with Crippen molar-refractivity contribution in [1.82, 2.24) is 4.90 Å². The van der Waals surface area contributed by atoms with Crippen LogP contribution in [0.1, 0.15) is 19.8 Å². The molecule has 1 aliphatic rings. The third-order valence-electron chi connectivity index (χ3n) is 2.04. The third kappa shape index (κ3) is 2.38. The molecule has 1 aliphatic heterocycles. The molecule has 1 fully saturated rings. The lowest BCUT2D eigenvalue weighted by Gasteiger charge is -2.13. The average molecular weight is 188 g/mol. The molecule has 1 amide bonds. The van der Waals surface area contributed by atoms with E-state index in [-0.39, 0.29) is 5.24 Å². The van der Waals surface area contributed by atoms with E-state index in [0.29, 0.717) is 11.8 Å². The lowest BCUT2D eigenvalue weighted by Crippen LogP contribution is -2.27. The van der Waals surface area contributed by atoms with Crippen molar-refractivity contribution in [3.63, 3.8) is 0 Å². The van der Waals surface area contributed by atoms with Crippen molar-refractivity contribution in [2.45, 2.75) is 25.0 Å². The summed E-state index contributed by atoms with van der Waals surface area (Å²) in [6, 6.07) is 0. The number of hydrogen-bond donors (Lipinski definition) is 1. The van der Waals surface area contributed by atoms with Crippen molar-refractivity contribution in [3.05, 3.63) is 0 Å². The SMILES string of the molecule is CCC1CN(CCCN)C(=O)S1. The Labute approximate surface area is 77.7 Å². The molecule has 2 N–H and O–H groups in total. The quantitative estimate of drug-likeness (QED) is 0.723. The summed E-state index contributed by atoms with van der Waals surface area (Å²) in [5.41, 5.74) is 5.37. The van der Waals surface area contributed by atoms with Crippen LogP contribution in [0.15, 0.2) is 0 Å². The molecule has 0 radical (unpaired) electrons. The third-order valence-corrected chi connectivity index (χ3v) is 3.31. The highest BCUT2D eigenvalue weighted by Gasteiger charge is 2.28. The van der Waals surface area contributed by atoms with Gasteiger partial charge in [-0.3, -0.25) is 4.79 Å². The molecule has 12 heavy (non-hydrogen) atoms. The number of rotatable bonds is 4. The predicted molar refractivity (Wildman–Crippen MR) is 52.3 cm³/mol. The molecule has 1 atom stereocenters. The van der Waals surface area contributed by atoms with Crippen LogP contribution in [0.5, 0.6) is 0 Å². The number of nitrogens with two attached hydrogens (primary N) is 1. The van der Waals surface area contributed by atoms with E-state index in [2.05, 4.69) is 6.92 Å². The van der Waals surface area contributed by atoms with Crippen LogP contribution < -0.4 is 5.73 Å². The van der Waals surface area contributed by atoms with Crippen molar-refractivity contribution >= 4 is 17.0 Å². The van der Waals surface area contributed by atoms with Gasteiger partial charge in [-0.25, -0.2) is 0 Å². The molecule has 1 unspecified atom stereocenters. The molecule has 4 heteroatoms. The maximum Gasteiger partial charge on any atom is 0.282 e. The second-order valence-electron chi connectivity index (χ2n) is 3.00. The fraction of sp³-hybridized carbons (Fsp3) is 0.875. The maximum atomic E-state index is 11.3. The Morgan fingerprint density at radius 2 is 2.50 bits per heavy atom. The molecule has 0 aromatic heterocycles. The lowest BCUT2D eigenvalue weighted by atomic mass is 10.3. The minimum Gasteiger partial charge on any atom is -0.332 e. The van der Waals surface area contributed by atoms with Crippen molar-refractivity contribution in [1.29, 1.82) is 0 Å². The van der Waals surface area contributed by atoms with E-state index >= 15 is 0 Å². The summed E-state index contributed by atoms with van der Waals surface area (Å²) in [6.07, 6.45) is 2.00. The van der Waals surface area contributed by atoms with E-state index in [9.17, 15) is 4.79 Å². The molecule has 1 rings (SSSR count). The molecule has 0 saturated carbocycles. The zero-order chi connectivity index (χ0) is 8.97. The van der Waals surface area contributed by atoms with E-state index in [4.69, 9.17) is 5.73 Å². The van der Waals surface area contributed by atoms with Gasteiger partial charge in [0.05, 0.1) is 0 Å². The molecule has 1 saturated heterocycles. The van der Waals surface area contributed by atoms with Gasteiger partial charge in [-0.1, -0.05) is 18.7 Å². The van der Waals surface area contributed by atoms with Crippen LogP contribution in [-0.2, 0) is 0 Å². The van der Waals surface area contributed by atoms with Gasteiger partial charge in [0.25, 0.3) is 5.24 Å². The average Bonchev–Trinajstić information content (AvgIpc) is 2.43. The van der Waals surface area contributed by atoms with E-state index in [1.165, 1.54) is 11.8 Å². The Hall–Kier alpha value is -0.220. The lowest BCUT2D eigenvalue weighted by molar-refractivity contribution is 0.227. The molecular formula is C8H16N2OS. The molecular weight excluding hydrogens is 172 g/mol. The normalized spacial score (nSPS) is 23.7. The minimum absolute atomic E-state index is 0.232. The summed E-state index contributed by atoms with van der Waals surface area (Å²) in [7, 11) is 0. The number of carbonyl (C=O) groups excluding carboxylic acids is 1. The van der Waals surface area contributed by atoms with Gasteiger partial charge in [-0.05, 0) is 19.4 Å². The summed E-state index contributed by atoms with van der Waals surface area (Å²) in [4.78, 5) is 13.2. The van der Waals surface area contributed by atoms with Crippen molar-refractivity contribution in [2.24, 2.45) is 5.73 Å². The topological polar surface area (TPSA) is 46.3 Å². The van der Waals surface area contributed by atoms with Gasteiger partial charge >= 0.3 is 0 Å². The van der Waals surface area contributed by atoms with Crippen LogP contribution in [0.2, 0.25) is 0 Å². The number of thioether (sulfide) groups is 1. The fourth-order valence-corrected chi connectivity index (χ4v) is 2.27. The molecule has 1 heterocycles. The van der Waals surface area contributed by atoms with Gasteiger partial charge < -0.3 is 10.6 Å². The minimum atomic E-state index is 0.232. The molecule has 0 aromatic carbocycles. The smallest absolute Gasteiger partial charge is 0.282 e. The Kier molecular flexibility index (Phi) is 3.88. The summed E-state index contributed by atoms with van der Waals surface area (Å²) < 4.78 is 0. The first-order chi connectivity index (χ1) is 5.77. The van der Waals surface area contributed by atoms with Crippen molar-refractivity contribution < 1.29 is 4.79 Å². The number of nitrogens with zero attached hydrogens (tertiary/aromatic N) is 1. The Morgan fingerprint density at radius 1 is 1.75 bits per heavy atom. The first kappa shape index (κ1) is 9.86. The Morgan fingerprint density at radius 3 is 3.00 bits per heavy atom. The maximum absolute atomic E-state index is 11.3. The summed E-state index contributed by atoms with van der Waals surface area (Å²) >= 11 is 1.47. The van der Waals surface area contributed by atoms with Crippen molar-refractivity contribution in [3.8, 4) is 0 Å².